The minimum Gasteiger partial charge on any atom is -0.143 e. The summed E-state index contributed by atoms with van der Waals surface area (Å²) in [6.07, 6.45) is 16.0. The zero-order valence-corrected chi connectivity index (χ0v) is 30.9. The highest BCUT2D eigenvalue weighted by atomic mass is 79.9. The van der Waals surface area contributed by atoms with Gasteiger partial charge in [0, 0.05) is 38.1 Å². The van der Waals surface area contributed by atoms with Gasteiger partial charge in [0.1, 0.15) is 0 Å². The molecule has 36 heavy (non-hydrogen) atoms. The van der Waals surface area contributed by atoms with Crippen LogP contribution >= 0.6 is 54.5 Å². The molecule has 0 nitrogen and oxygen atoms in total. The third-order valence-electron chi connectivity index (χ3n) is 7.29. The number of unbranched alkanes of at least 4 members (excludes halogenated alkanes) is 8. The van der Waals surface area contributed by atoms with E-state index in [-0.39, 0.29) is 0 Å². The molecule has 0 spiro atoms. The van der Waals surface area contributed by atoms with Crippen molar-refractivity contribution in [2.24, 2.45) is 0 Å². The number of rotatable bonds is 14. The first kappa shape index (κ1) is 31.1. The molecule has 0 aliphatic heterocycles. The molecule has 6 heteroatoms. The number of thiophene rings is 2. The van der Waals surface area contributed by atoms with Crippen LogP contribution < -0.4 is 9.00 Å². The van der Waals surface area contributed by atoms with E-state index in [1.807, 2.05) is 0 Å². The largest absolute Gasteiger partial charge is 0.143 e. The topological polar surface area (TPSA) is 0 Å². The molecule has 2 heterocycles. The summed E-state index contributed by atoms with van der Waals surface area (Å²) >= 11 is 12.6. The van der Waals surface area contributed by atoms with Crippen molar-refractivity contribution in [1.82, 2.24) is 0 Å². The molecule has 0 unspecified atom stereocenters. The second kappa shape index (κ2) is 13.3. The number of fused-ring (bicyclic) bond motifs is 3. The Bertz CT molecular complexity index is 1070. The first-order valence-electron chi connectivity index (χ1n) is 14.3. The minimum absolute atomic E-state index is 1.25. The fourth-order valence-corrected chi connectivity index (χ4v) is 17.1. The molecule has 0 radical (unpaired) electrons. The third kappa shape index (κ3) is 6.99. The van der Waals surface area contributed by atoms with E-state index < -0.39 is 16.1 Å². The predicted octanol–water partition coefficient (Wildman–Crippen LogP) is 11.8. The molecule has 202 valence electrons. The molecule has 0 bridgehead atoms. The lowest BCUT2D eigenvalue weighted by Crippen LogP contribution is -2.36. The molecule has 3 aromatic rings. The van der Waals surface area contributed by atoms with Crippen molar-refractivity contribution < 1.29 is 0 Å². The summed E-state index contributed by atoms with van der Waals surface area (Å²) in [6.45, 7) is 19.7. The summed E-state index contributed by atoms with van der Waals surface area (Å²) in [7, 11) is -2.91. The second-order valence-corrected chi connectivity index (χ2v) is 27.0. The van der Waals surface area contributed by atoms with E-state index in [0.717, 1.165) is 0 Å². The number of hydrogen-bond donors (Lipinski definition) is 0. The smallest absolute Gasteiger partial charge is 0.0919 e. The van der Waals surface area contributed by atoms with Crippen LogP contribution in [-0.2, 0) is 12.8 Å². The van der Waals surface area contributed by atoms with Gasteiger partial charge >= 0.3 is 0 Å². The Morgan fingerprint density at radius 2 is 0.861 bits per heavy atom. The zero-order chi connectivity index (χ0) is 26.7. The van der Waals surface area contributed by atoms with E-state index in [1.165, 1.54) is 96.8 Å². The molecule has 2 aromatic heterocycles. The molecule has 0 saturated carbocycles. The summed E-state index contributed by atoms with van der Waals surface area (Å²) in [5.41, 5.74) is 3.41. The van der Waals surface area contributed by atoms with Gasteiger partial charge in [-0.2, -0.15) is 0 Å². The lowest BCUT2D eigenvalue weighted by Gasteiger charge is -2.14. The maximum Gasteiger partial charge on any atom is 0.0919 e. The van der Waals surface area contributed by atoms with Crippen LogP contribution in [0.5, 0.6) is 0 Å². The Labute approximate surface area is 248 Å². The van der Waals surface area contributed by atoms with Gasteiger partial charge in [-0.25, -0.2) is 0 Å². The van der Waals surface area contributed by atoms with Crippen LogP contribution in [0.4, 0.5) is 0 Å². The summed E-state index contributed by atoms with van der Waals surface area (Å²) < 4.78 is 9.30. The fraction of sp³-hybridized carbons (Fsp3) is 0.667. The molecule has 3 rings (SSSR count). The number of hydrogen-bond acceptors (Lipinski definition) is 2. The minimum atomic E-state index is -1.46. The quantitative estimate of drug-likeness (QED) is 0.117. The summed E-state index contributed by atoms with van der Waals surface area (Å²) in [6, 6.07) is 0. The van der Waals surface area contributed by atoms with E-state index >= 15 is 0 Å². The van der Waals surface area contributed by atoms with E-state index in [1.54, 1.807) is 29.5 Å². The van der Waals surface area contributed by atoms with E-state index in [4.69, 9.17) is 0 Å². The van der Waals surface area contributed by atoms with E-state index in [0.29, 0.717) is 0 Å². The second-order valence-electron chi connectivity index (χ2n) is 12.7. The van der Waals surface area contributed by atoms with Gasteiger partial charge in [0.2, 0.25) is 0 Å². The van der Waals surface area contributed by atoms with Gasteiger partial charge < -0.3 is 0 Å². The molecule has 0 atom stereocenters. The monoisotopic (exact) mass is 686 g/mol. The maximum absolute atomic E-state index is 4.19. The van der Waals surface area contributed by atoms with E-state index in [2.05, 4.69) is 108 Å². The van der Waals surface area contributed by atoms with Gasteiger partial charge in [0.25, 0.3) is 0 Å². The molecular formula is C30H48Br2S2Si2. The van der Waals surface area contributed by atoms with Crippen LogP contribution in [0.15, 0.2) is 8.95 Å². The highest BCUT2D eigenvalue weighted by Gasteiger charge is 2.31. The Hall–Kier alpha value is 0.534. The highest BCUT2D eigenvalue weighted by Crippen LogP contribution is 2.47. The summed E-state index contributed by atoms with van der Waals surface area (Å²) in [4.78, 5) is 0. The van der Waals surface area contributed by atoms with Crippen molar-refractivity contribution in [1.29, 1.82) is 0 Å². The molecule has 0 saturated heterocycles. The van der Waals surface area contributed by atoms with Crippen molar-refractivity contribution in [2.45, 2.75) is 130 Å². The summed E-state index contributed by atoms with van der Waals surface area (Å²) in [5, 5.41) is 3.05. The lowest BCUT2D eigenvalue weighted by molar-refractivity contribution is 0.623. The number of aryl methyl sites for hydroxylation is 2. The maximum atomic E-state index is 4.19. The molecule has 0 amide bonds. The van der Waals surface area contributed by atoms with Crippen molar-refractivity contribution in [2.75, 3.05) is 0 Å². The van der Waals surface area contributed by atoms with Crippen LogP contribution in [0, 0.1) is 0 Å². The third-order valence-corrected chi connectivity index (χ3v) is 19.8. The Morgan fingerprint density at radius 1 is 0.528 bits per heavy atom. The van der Waals surface area contributed by atoms with Crippen molar-refractivity contribution in [3.63, 3.8) is 0 Å². The van der Waals surface area contributed by atoms with Crippen molar-refractivity contribution >= 4 is 99.9 Å². The van der Waals surface area contributed by atoms with Gasteiger partial charge in [0.05, 0.1) is 16.1 Å². The van der Waals surface area contributed by atoms with Gasteiger partial charge in [0.15, 0.2) is 0 Å². The SMILES string of the molecule is CCCCCCCc1c(CCCCCCC)c2sc([Si](C)(C)C)c(Br)c2c2c(Br)c([Si](C)(C)C)sc12. The van der Waals surface area contributed by atoms with Gasteiger partial charge in [-0.1, -0.05) is 104 Å². The number of halogens is 2. The summed E-state index contributed by atoms with van der Waals surface area (Å²) in [5.74, 6) is 0. The Morgan fingerprint density at radius 3 is 1.17 bits per heavy atom. The molecular weight excluding hydrogens is 640 g/mol. The van der Waals surface area contributed by atoms with Crippen LogP contribution in [-0.4, -0.2) is 16.1 Å². The van der Waals surface area contributed by atoms with Crippen molar-refractivity contribution in [3.8, 4) is 0 Å². The van der Waals surface area contributed by atoms with Gasteiger partial charge in [-0.05, 0) is 68.7 Å². The Kier molecular flexibility index (Phi) is 11.4. The van der Waals surface area contributed by atoms with Crippen LogP contribution in [0.1, 0.15) is 89.2 Å². The molecule has 1 aromatic carbocycles. The van der Waals surface area contributed by atoms with E-state index in [9.17, 15) is 0 Å². The average molecular weight is 689 g/mol. The fourth-order valence-electron chi connectivity index (χ4n) is 5.27. The number of benzene rings is 1. The lowest BCUT2D eigenvalue weighted by atomic mass is 9.93. The van der Waals surface area contributed by atoms with Gasteiger partial charge in [-0.3, -0.25) is 0 Å². The first-order chi connectivity index (χ1) is 16.9. The average Bonchev–Trinajstić information content (AvgIpc) is 3.31. The molecule has 0 fully saturated rings. The van der Waals surface area contributed by atoms with Crippen LogP contribution in [0.2, 0.25) is 39.3 Å². The molecule has 0 N–H and O–H groups in total. The van der Waals surface area contributed by atoms with Crippen LogP contribution in [0.3, 0.4) is 0 Å². The normalized spacial score (nSPS) is 12.9. The van der Waals surface area contributed by atoms with Crippen LogP contribution in [0.25, 0.3) is 20.2 Å². The van der Waals surface area contributed by atoms with Crippen molar-refractivity contribution in [3.05, 3.63) is 20.1 Å². The standard InChI is InChI=1S/C30H48Br2S2Si2/c1-9-11-13-15-17-19-21-22(20-18-16-14-12-10-2)28-24(26(32)30(34-28)36(6,7)8)23-25(31)29(33-27(21)23)35(3,4)5/h9-20H2,1-8H3. The highest BCUT2D eigenvalue weighted by molar-refractivity contribution is 9.11. The zero-order valence-electron chi connectivity index (χ0n) is 24.1. The molecule has 0 aliphatic carbocycles. The van der Waals surface area contributed by atoms with Gasteiger partial charge in [-0.15, -0.1) is 22.7 Å². The Balaban J connectivity index is 2.26. The predicted molar refractivity (Wildman–Crippen MR) is 183 cm³/mol. The molecule has 0 aliphatic rings. The first-order valence-corrected chi connectivity index (χ1v) is 24.5.